The van der Waals surface area contributed by atoms with Gasteiger partial charge >= 0.3 is 12.1 Å². The van der Waals surface area contributed by atoms with Gasteiger partial charge in [0.05, 0.1) is 17.6 Å². The van der Waals surface area contributed by atoms with E-state index in [4.69, 9.17) is 4.74 Å². The molecule has 24 heavy (non-hydrogen) atoms. The largest absolute Gasteiger partial charge is 0.478 e. The molecule has 2 unspecified atom stereocenters. The maximum Gasteiger partial charge on any atom is 0.410 e. The van der Waals surface area contributed by atoms with Crippen LogP contribution in [0.15, 0.2) is 18.2 Å². The lowest BCUT2D eigenvalue weighted by Crippen LogP contribution is -2.70. The average Bonchev–Trinajstić information content (AvgIpc) is 2.45. The highest BCUT2D eigenvalue weighted by Gasteiger charge is 2.48. The van der Waals surface area contributed by atoms with Crippen LogP contribution in [0, 0.1) is 6.92 Å². The van der Waals surface area contributed by atoms with Crippen LogP contribution in [0.4, 0.5) is 10.5 Å². The fourth-order valence-corrected chi connectivity index (χ4v) is 3.47. The number of carbonyl (C=O) groups is 2. The summed E-state index contributed by atoms with van der Waals surface area (Å²) in [5.41, 5.74) is 1.49. The number of carboxylic acids is 1. The van der Waals surface area contributed by atoms with Crippen molar-refractivity contribution >= 4 is 17.7 Å². The molecule has 1 aromatic carbocycles. The fourth-order valence-electron chi connectivity index (χ4n) is 3.47. The summed E-state index contributed by atoms with van der Waals surface area (Å²) in [6.07, 6.45) is 0.728. The normalized spacial score (nSPS) is 22.8. The first-order valence-electron chi connectivity index (χ1n) is 8.26. The van der Waals surface area contributed by atoms with Crippen LogP contribution in [-0.2, 0) is 4.74 Å². The number of aromatic carboxylic acids is 1. The Labute approximate surface area is 142 Å². The van der Waals surface area contributed by atoms with E-state index in [0.29, 0.717) is 18.7 Å². The van der Waals surface area contributed by atoms with Gasteiger partial charge < -0.3 is 14.7 Å². The highest BCUT2D eigenvalue weighted by molar-refractivity contribution is 5.90. The molecule has 2 bridgehead atoms. The van der Waals surface area contributed by atoms with Crippen molar-refractivity contribution in [2.75, 3.05) is 18.0 Å². The van der Waals surface area contributed by atoms with Crippen molar-refractivity contribution in [3.63, 3.8) is 0 Å². The molecule has 0 spiro atoms. The minimum absolute atomic E-state index is 0.133. The molecule has 3 fully saturated rings. The van der Waals surface area contributed by atoms with Gasteiger partial charge in [-0.05, 0) is 51.8 Å². The van der Waals surface area contributed by atoms with Gasteiger partial charge in [-0.25, -0.2) is 9.59 Å². The zero-order valence-electron chi connectivity index (χ0n) is 14.6. The third-order valence-electron chi connectivity index (χ3n) is 4.61. The van der Waals surface area contributed by atoms with Gasteiger partial charge in [0.2, 0.25) is 0 Å². The minimum Gasteiger partial charge on any atom is -0.478 e. The molecule has 130 valence electrons. The Morgan fingerprint density at radius 2 is 1.83 bits per heavy atom. The molecule has 3 heterocycles. The van der Waals surface area contributed by atoms with Crippen molar-refractivity contribution in [2.45, 2.75) is 51.8 Å². The summed E-state index contributed by atoms with van der Waals surface area (Å²) in [4.78, 5) is 27.6. The molecular weight excluding hydrogens is 308 g/mol. The molecule has 3 aliphatic rings. The first-order chi connectivity index (χ1) is 11.2. The van der Waals surface area contributed by atoms with Crippen molar-refractivity contribution in [3.8, 4) is 0 Å². The van der Waals surface area contributed by atoms with Crippen LogP contribution >= 0.6 is 0 Å². The number of anilines is 1. The molecule has 0 radical (unpaired) electrons. The molecule has 4 rings (SSSR count). The Kier molecular flexibility index (Phi) is 3.94. The maximum absolute atomic E-state index is 12.3. The van der Waals surface area contributed by atoms with Crippen LogP contribution in [0.2, 0.25) is 0 Å². The van der Waals surface area contributed by atoms with Gasteiger partial charge in [-0.15, -0.1) is 0 Å². The molecule has 0 saturated carbocycles. The Hall–Kier alpha value is -2.24. The van der Waals surface area contributed by atoms with Gasteiger partial charge in [-0.1, -0.05) is 6.07 Å². The van der Waals surface area contributed by atoms with Crippen molar-refractivity contribution in [2.24, 2.45) is 0 Å². The van der Waals surface area contributed by atoms with Gasteiger partial charge in [0.1, 0.15) is 5.60 Å². The Bertz CT molecular complexity index is 668. The molecular formula is C18H24N2O4. The number of hydrogen-bond acceptors (Lipinski definition) is 4. The number of hydrogen-bond donors (Lipinski definition) is 1. The van der Waals surface area contributed by atoms with E-state index in [2.05, 4.69) is 4.90 Å². The third kappa shape index (κ3) is 3.05. The summed E-state index contributed by atoms with van der Waals surface area (Å²) in [6, 6.07) is 5.77. The van der Waals surface area contributed by atoms with Crippen LogP contribution in [0.5, 0.6) is 0 Å². The second-order valence-electron chi connectivity index (χ2n) is 7.64. The number of fused-ring (bicyclic) bond motifs is 2. The Morgan fingerprint density at radius 1 is 1.21 bits per heavy atom. The van der Waals surface area contributed by atoms with E-state index in [-0.39, 0.29) is 18.2 Å². The highest BCUT2D eigenvalue weighted by Crippen LogP contribution is 2.36. The molecule has 2 atom stereocenters. The molecule has 1 aromatic rings. The molecule has 0 aliphatic carbocycles. The molecule has 1 N–H and O–H groups in total. The van der Waals surface area contributed by atoms with E-state index in [1.807, 2.05) is 37.8 Å². The lowest BCUT2D eigenvalue weighted by Gasteiger charge is -2.56. The van der Waals surface area contributed by atoms with E-state index in [1.54, 1.807) is 13.0 Å². The molecule has 3 saturated heterocycles. The number of amides is 1. The lowest BCUT2D eigenvalue weighted by molar-refractivity contribution is -0.0379. The minimum atomic E-state index is -0.910. The van der Waals surface area contributed by atoms with Crippen molar-refractivity contribution in [3.05, 3.63) is 29.3 Å². The predicted octanol–water partition coefficient (Wildman–Crippen LogP) is 2.89. The first-order valence-corrected chi connectivity index (χ1v) is 8.26. The summed E-state index contributed by atoms with van der Waals surface area (Å²) in [5.74, 6) is -0.910. The van der Waals surface area contributed by atoms with Gasteiger partial charge in [-0.3, -0.25) is 4.90 Å². The van der Waals surface area contributed by atoms with Crippen LogP contribution < -0.4 is 4.90 Å². The monoisotopic (exact) mass is 332 g/mol. The molecule has 3 aliphatic heterocycles. The maximum atomic E-state index is 12.3. The topological polar surface area (TPSA) is 70.1 Å². The number of ether oxygens (including phenoxy) is 1. The summed E-state index contributed by atoms with van der Waals surface area (Å²) < 4.78 is 5.48. The number of piperazine rings is 1. The van der Waals surface area contributed by atoms with E-state index in [1.165, 1.54) is 0 Å². The zero-order chi connectivity index (χ0) is 17.6. The standard InChI is InChI=1S/C18H24N2O4/c1-11-5-6-12(8-15(11)16(21)22)19-9-13-7-14(10-19)20(13)17(23)24-18(2,3)4/h5-6,8,13-14H,7,9-10H2,1-4H3,(H,21,22). The van der Waals surface area contributed by atoms with Crippen molar-refractivity contribution in [1.82, 2.24) is 4.90 Å². The predicted molar refractivity (Wildman–Crippen MR) is 90.6 cm³/mol. The van der Waals surface area contributed by atoms with E-state index >= 15 is 0 Å². The van der Waals surface area contributed by atoms with Crippen LogP contribution in [-0.4, -0.2) is 52.8 Å². The molecule has 6 nitrogen and oxygen atoms in total. The average molecular weight is 332 g/mol. The number of benzene rings is 1. The first kappa shape index (κ1) is 16.6. The number of rotatable bonds is 2. The number of piperidine rings is 1. The smallest absolute Gasteiger partial charge is 0.410 e. The number of carboxylic acid groups (broad SMARTS) is 1. The quantitative estimate of drug-likeness (QED) is 0.902. The Morgan fingerprint density at radius 3 is 2.38 bits per heavy atom. The van der Waals surface area contributed by atoms with E-state index in [0.717, 1.165) is 17.7 Å². The summed E-state index contributed by atoms with van der Waals surface area (Å²) in [7, 11) is 0. The zero-order valence-corrected chi connectivity index (χ0v) is 14.6. The summed E-state index contributed by atoms with van der Waals surface area (Å²) in [5, 5.41) is 9.28. The van der Waals surface area contributed by atoms with Crippen LogP contribution in [0.1, 0.15) is 43.1 Å². The lowest BCUT2D eigenvalue weighted by atomic mass is 9.87. The number of aryl methyl sites for hydroxylation is 1. The Balaban J connectivity index is 1.71. The molecule has 6 heteroatoms. The van der Waals surface area contributed by atoms with Crippen molar-refractivity contribution in [1.29, 1.82) is 0 Å². The molecule has 0 aromatic heterocycles. The third-order valence-corrected chi connectivity index (χ3v) is 4.61. The van der Waals surface area contributed by atoms with Gasteiger partial charge in [0.25, 0.3) is 0 Å². The number of carbonyl (C=O) groups excluding carboxylic acids is 1. The van der Waals surface area contributed by atoms with Crippen molar-refractivity contribution < 1.29 is 19.4 Å². The van der Waals surface area contributed by atoms with E-state index < -0.39 is 11.6 Å². The summed E-state index contributed by atoms with van der Waals surface area (Å²) in [6.45, 7) is 8.81. The highest BCUT2D eigenvalue weighted by atomic mass is 16.6. The van der Waals surface area contributed by atoms with E-state index in [9.17, 15) is 14.7 Å². The fraction of sp³-hybridized carbons (Fsp3) is 0.556. The van der Waals surface area contributed by atoms with Gasteiger partial charge in [0, 0.05) is 18.8 Å². The molecule has 1 amide bonds. The number of nitrogens with zero attached hydrogens (tertiary/aromatic N) is 2. The SMILES string of the molecule is Cc1ccc(N2CC3CC(C2)N3C(=O)OC(C)(C)C)cc1C(=O)O. The van der Waals surface area contributed by atoms with Gasteiger partial charge in [0.15, 0.2) is 0 Å². The second kappa shape index (κ2) is 5.69. The van der Waals surface area contributed by atoms with Crippen LogP contribution in [0.25, 0.3) is 0 Å². The van der Waals surface area contributed by atoms with Gasteiger partial charge in [-0.2, -0.15) is 0 Å². The second-order valence-corrected chi connectivity index (χ2v) is 7.64. The summed E-state index contributed by atoms with van der Waals surface area (Å²) >= 11 is 0. The van der Waals surface area contributed by atoms with Crippen LogP contribution in [0.3, 0.4) is 0 Å².